The highest BCUT2D eigenvalue weighted by Crippen LogP contribution is 2.40. The smallest absolute Gasteiger partial charge is 0.407 e. The van der Waals surface area contributed by atoms with E-state index in [0.717, 1.165) is 37.1 Å². The van der Waals surface area contributed by atoms with E-state index in [2.05, 4.69) is 4.98 Å². The summed E-state index contributed by atoms with van der Waals surface area (Å²) in [6, 6.07) is 0.237. The predicted octanol–water partition coefficient (Wildman–Crippen LogP) is 1.43. The first kappa shape index (κ1) is 10.4. The van der Waals surface area contributed by atoms with Crippen LogP contribution in [0.15, 0.2) is 4.42 Å². The van der Waals surface area contributed by atoms with E-state index in [1.165, 1.54) is 0 Å². The van der Waals surface area contributed by atoms with E-state index in [1.807, 2.05) is 0 Å². The Bertz CT molecular complexity index is 457. The van der Waals surface area contributed by atoms with Gasteiger partial charge >= 0.3 is 6.09 Å². The Morgan fingerprint density at radius 2 is 2.35 bits per heavy atom. The van der Waals surface area contributed by atoms with Gasteiger partial charge in [0.2, 0.25) is 0 Å². The number of carbonyl (C=O) groups is 1. The first-order valence-corrected chi connectivity index (χ1v) is 5.91. The van der Waals surface area contributed by atoms with Crippen molar-refractivity contribution in [1.82, 2.24) is 9.88 Å². The lowest BCUT2D eigenvalue weighted by molar-refractivity contribution is 0.0875. The van der Waals surface area contributed by atoms with Crippen molar-refractivity contribution in [3.8, 4) is 0 Å². The summed E-state index contributed by atoms with van der Waals surface area (Å²) in [7, 11) is 0. The largest absolute Gasteiger partial charge is 0.465 e. The maximum atomic E-state index is 11.2. The second-order valence-electron chi connectivity index (χ2n) is 4.69. The lowest BCUT2D eigenvalue weighted by Gasteiger charge is -2.41. The van der Waals surface area contributed by atoms with Gasteiger partial charge in [0.1, 0.15) is 5.76 Å². The van der Waals surface area contributed by atoms with Crippen LogP contribution in [0.2, 0.25) is 0 Å². The minimum atomic E-state index is -0.834. The molecule has 6 nitrogen and oxygen atoms in total. The molecule has 1 aliphatic heterocycles. The van der Waals surface area contributed by atoms with Crippen LogP contribution >= 0.6 is 0 Å². The molecule has 0 bridgehead atoms. The molecule has 2 heterocycles. The van der Waals surface area contributed by atoms with Crippen molar-refractivity contribution in [3.63, 3.8) is 0 Å². The third-order valence-corrected chi connectivity index (χ3v) is 3.79. The average Bonchev–Trinajstić information content (AvgIpc) is 2.68. The van der Waals surface area contributed by atoms with Crippen molar-refractivity contribution < 1.29 is 14.3 Å². The number of oxazole rings is 1. The molecule has 1 aliphatic carbocycles. The van der Waals surface area contributed by atoms with Gasteiger partial charge in [0.15, 0.2) is 0 Å². The van der Waals surface area contributed by atoms with E-state index in [9.17, 15) is 9.90 Å². The maximum Gasteiger partial charge on any atom is 0.407 e. The fourth-order valence-electron chi connectivity index (χ4n) is 3.10. The zero-order chi connectivity index (χ0) is 12.0. The summed E-state index contributed by atoms with van der Waals surface area (Å²) < 4.78 is 5.35. The number of nitrogens with zero attached hydrogens (tertiary/aromatic N) is 2. The summed E-state index contributed by atoms with van der Waals surface area (Å²) in [5.74, 6) is 1.00. The van der Waals surface area contributed by atoms with Crippen LogP contribution in [0.25, 0.3) is 0 Å². The Balaban J connectivity index is 1.95. The molecule has 1 aromatic heterocycles. The van der Waals surface area contributed by atoms with Crippen LogP contribution < -0.4 is 5.73 Å². The van der Waals surface area contributed by atoms with Crippen molar-refractivity contribution in [3.05, 3.63) is 11.5 Å². The second-order valence-corrected chi connectivity index (χ2v) is 4.69. The Morgan fingerprint density at radius 1 is 1.53 bits per heavy atom. The third kappa shape index (κ3) is 1.55. The predicted molar refractivity (Wildman–Crippen MR) is 59.7 cm³/mol. The van der Waals surface area contributed by atoms with E-state index in [-0.39, 0.29) is 18.0 Å². The van der Waals surface area contributed by atoms with Crippen LogP contribution in [-0.2, 0) is 6.42 Å². The zero-order valence-electron chi connectivity index (χ0n) is 9.43. The fraction of sp³-hybridized carbons (Fsp3) is 0.636. The van der Waals surface area contributed by atoms with E-state index in [1.54, 1.807) is 4.90 Å². The van der Waals surface area contributed by atoms with Crippen molar-refractivity contribution in [2.75, 3.05) is 12.3 Å². The molecular formula is C11H15N3O3. The standard InChI is InChI=1S/C11H15N3O3/c12-10-13-9-6-2-1-5-14(11(15)16)7(6)3-4-8(9)17-10/h6-7H,1-5H2,(H2,12,13)(H,15,16)/t6-,7+/m1/s1. The molecule has 1 saturated heterocycles. The number of amides is 1. The van der Waals surface area contributed by atoms with Gasteiger partial charge in [0, 0.05) is 24.9 Å². The first-order chi connectivity index (χ1) is 8.16. The molecule has 2 atom stereocenters. The summed E-state index contributed by atoms with van der Waals surface area (Å²) in [5.41, 5.74) is 6.45. The van der Waals surface area contributed by atoms with Crippen molar-refractivity contribution >= 4 is 12.1 Å². The summed E-state index contributed by atoms with van der Waals surface area (Å²) in [4.78, 5) is 16.9. The number of anilines is 1. The third-order valence-electron chi connectivity index (χ3n) is 3.79. The van der Waals surface area contributed by atoms with Crippen LogP contribution in [0.4, 0.5) is 10.8 Å². The molecule has 2 aliphatic rings. The molecule has 0 saturated carbocycles. The minimum absolute atomic E-state index is 0.0400. The minimum Gasteiger partial charge on any atom is -0.465 e. The number of piperidine rings is 1. The second kappa shape index (κ2) is 3.65. The summed E-state index contributed by atoms with van der Waals surface area (Å²) >= 11 is 0. The highest BCUT2D eigenvalue weighted by molar-refractivity contribution is 5.66. The molecule has 0 unspecified atom stereocenters. The normalized spacial score (nSPS) is 27.4. The quantitative estimate of drug-likeness (QED) is 0.712. The number of likely N-dealkylation sites (tertiary alicyclic amines) is 1. The van der Waals surface area contributed by atoms with Crippen LogP contribution in [0, 0.1) is 0 Å². The van der Waals surface area contributed by atoms with Gasteiger partial charge in [-0.3, -0.25) is 0 Å². The molecule has 1 aromatic rings. The SMILES string of the molecule is Nc1nc2c(o1)CC[C@H]1[C@H]2CCCN1C(=O)O. The summed E-state index contributed by atoms with van der Waals surface area (Å²) in [6.45, 7) is 0.624. The van der Waals surface area contributed by atoms with Gasteiger partial charge in [-0.15, -0.1) is 0 Å². The number of aromatic nitrogens is 1. The number of hydrogen-bond acceptors (Lipinski definition) is 4. The van der Waals surface area contributed by atoms with Crippen LogP contribution in [0.5, 0.6) is 0 Å². The maximum absolute atomic E-state index is 11.2. The molecule has 0 radical (unpaired) electrons. The fourth-order valence-corrected chi connectivity index (χ4v) is 3.10. The van der Waals surface area contributed by atoms with Crippen LogP contribution in [0.1, 0.15) is 36.6 Å². The molecule has 6 heteroatoms. The van der Waals surface area contributed by atoms with Gasteiger partial charge in [-0.25, -0.2) is 4.79 Å². The number of nitrogen functional groups attached to an aromatic ring is 1. The molecule has 1 amide bonds. The number of nitrogens with two attached hydrogens (primary N) is 1. The van der Waals surface area contributed by atoms with E-state index in [0.29, 0.717) is 6.54 Å². The van der Waals surface area contributed by atoms with E-state index >= 15 is 0 Å². The van der Waals surface area contributed by atoms with Crippen molar-refractivity contribution in [2.45, 2.75) is 37.6 Å². The number of aryl methyl sites for hydroxylation is 1. The van der Waals surface area contributed by atoms with E-state index in [4.69, 9.17) is 10.2 Å². The Morgan fingerprint density at radius 3 is 3.12 bits per heavy atom. The van der Waals surface area contributed by atoms with Gasteiger partial charge in [-0.2, -0.15) is 4.98 Å². The Hall–Kier alpha value is -1.72. The van der Waals surface area contributed by atoms with Crippen molar-refractivity contribution in [1.29, 1.82) is 0 Å². The molecule has 3 rings (SSSR count). The van der Waals surface area contributed by atoms with Gasteiger partial charge in [-0.1, -0.05) is 0 Å². The highest BCUT2D eigenvalue weighted by Gasteiger charge is 2.41. The first-order valence-electron chi connectivity index (χ1n) is 5.91. The Labute approximate surface area is 98.4 Å². The van der Waals surface area contributed by atoms with Crippen molar-refractivity contribution in [2.24, 2.45) is 0 Å². The zero-order valence-corrected chi connectivity index (χ0v) is 9.43. The summed E-state index contributed by atoms with van der Waals surface area (Å²) in [5, 5.41) is 9.19. The number of hydrogen-bond donors (Lipinski definition) is 2. The number of fused-ring (bicyclic) bond motifs is 3. The molecule has 92 valence electrons. The van der Waals surface area contributed by atoms with Gasteiger partial charge in [0.25, 0.3) is 6.01 Å². The van der Waals surface area contributed by atoms with Crippen LogP contribution in [0.3, 0.4) is 0 Å². The Kier molecular flexibility index (Phi) is 2.24. The number of carboxylic acid groups (broad SMARTS) is 1. The van der Waals surface area contributed by atoms with E-state index < -0.39 is 6.09 Å². The van der Waals surface area contributed by atoms with Gasteiger partial charge in [-0.05, 0) is 19.3 Å². The van der Waals surface area contributed by atoms with Gasteiger partial charge < -0.3 is 20.2 Å². The summed E-state index contributed by atoms with van der Waals surface area (Å²) in [6.07, 6.45) is 2.54. The molecular weight excluding hydrogens is 222 g/mol. The molecule has 1 fully saturated rings. The number of rotatable bonds is 0. The molecule has 17 heavy (non-hydrogen) atoms. The topological polar surface area (TPSA) is 92.6 Å². The van der Waals surface area contributed by atoms with Crippen LogP contribution in [-0.4, -0.2) is 33.7 Å². The molecule has 0 spiro atoms. The van der Waals surface area contributed by atoms with Gasteiger partial charge in [0.05, 0.1) is 5.69 Å². The lowest BCUT2D eigenvalue weighted by Crippen LogP contribution is -2.48. The lowest BCUT2D eigenvalue weighted by atomic mass is 9.79. The monoisotopic (exact) mass is 237 g/mol. The molecule has 0 aromatic carbocycles. The molecule has 3 N–H and O–H groups in total. The average molecular weight is 237 g/mol. The highest BCUT2D eigenvalue weighted by atomic mass is 16.4.